The van der Waals surface area contributed by atoms with Gasteiger partial charge in [-0.15, -0.1) is 0 Å². The van der Waals surface area contributed by atoms with E-state index >= 15 is 0 Å². The summed E-state index contributed by atoms with van der Waals surface area (Å²) in [6.45, 7) is 6.30. The molecule has 1 aliphatic rings. The smallest absolute Gasteiger partial charge is 0.178 e. The molecule has 0 fully saturated rings. The van der Waals surface area contributed by atoms with Crippen LogP contribution in [0.1, 0.15) is 38.3 Å². The van der Waals surface area contributed by atoms with Gasteiger partial charge in [0, 0.05) is 0 Å². The maximum Gasteiger partial charge on any atom is 0.178 e. The molecule has 0 aliphatic carbocycles. The van der Waals surface area contributed by atoms with Gasteiger partial charge in [0.25, 0.3) is 0 Å². The molecule has 1 aromatic rings. The van der Waals surface area contributed by atoms with Crippen molar-refractivity contribution in [2.24, 2.45) is 0 Å². The molecule has 0 amide bonds. The van der Waals surface area contributed by atoms with E-state index in [9.17, 15) is 8.42 Å². The van der Waals surface area contributed by atoms with Gasteiger partial charge in [0.1, 0.15) is 0 Å². The van der Waals surface area contributed by atoms with E-state index in [2.05, 4.69) is 26.8 Å². The Kier molecular flexibility index (Phi) is 2.61. The summed E-state index contributed by atoms with van der Waals surface area (Å²) in [5, 5.41) is 0. The maximum absolute atomic E-state index is 12.0. The van der Waals surface area contributed by atoms with Crippen LogP contribution in [0.5, 0.6) is 0 Å². The highest BCUT2D eigenvalue weighted by atomic mass is 32.2. The maximum atomic E-state index is 12.0. The molecule has 88 valence electrons. The van der Waals surface area contributed by atoms with Gasteiger partial charge >= 0.3 is 0 Å². The zero-order valence-electron chi connectivity index (χ0n) is 10.1. The monoisotopic (exact) mass is 238 g/mol. The normalized spacial score (nSPS) is 19.2. The van der Waals surface area contributed by atoms with E-state index in [1.807, 2.05) is 12.1 Å². The Bertz CT molecular complexity index is 507. The first-order valence-electron chi connectivity index (χ1n) is 5.67. The second-order valence-electron chi connectivity index (χ2n) is 5.49. The average Bonchev–Trinajstić information content (AvgIpc) is 2.15. The number of hydrogen-bond donors (Lipinski definition) is 0. The highest BCUT2D eigenvalue weighted by molar-refractivity contribution is 7.91. The first kappa shape index (κ1) is 11.6. The largest absolute Gasteiger partial charge is 0.224 e. The lowest BCUT2D eigenvalue weighted by Crippen LogP contribution is -2.18. The summed E-state index contributed by atoms with van der Waals surface area (Å²) in [6, 6.07) is 5.90. The van der Waals surface area contributed by atoms with Crippen molar-refractivity contribution in [3.05, 3.63) is 29.3 Å². The van der Waals surface area contributed by atoms with Crippen LogP contribution in [-0.4, -0.2) is 14.2 Å². The lowest BCUT2D eigenvalue weighted by atomic mass is 9.86. The van der Waals surface area contributed by atoms with Crippen LogP contribution < -0.4 is 0 Å². The van der Waals surface area contributed by atoms with Crippen molar-refractivity contribution < 1.29 is 8.42 Å². The van der Waals surface area contributed by atoms with E-state index in [0.29, 0.717) is 10.6 Å². The van der Waals surface area contributed by atoms with Crippen molar-refractivity contribution in [3.8, 4) is 0 Å². The lowest BCUT2D eigenvalue weighted by molar-refractivity contribution is 0.576. The summed E-state index contributed by atoms with van der Waals surface area (Å²) in [5.74, 6) is 0.299. The van der Waals surface area contributed by atoms with E-state index in [-0.39, 0.29) is 5.41 Å². The van der Waals surface area contributed by atoms with Crippen LogP contribution in [0.25, 0.3) is 0 Å². The van der Waals surface area contributed by atoms with Crippen molar-refractivity contribution in [2.45, 2.75) is 43.9 Å². The second kappa shape index (κ2) is 3.59. The molecule has 0 atom stereocenters. The van der Waals surface area contributed by atoms with E-state index < -0.39 is 9.84 Å². The highest BCUT2D eigenvalue weighted by Crippen LogP contribution is 2.30. The van der Waals surface area contributed by atoms with Crippen LogP contribution >= 0.6 is 0 Å². The van der Waals surface area contributed by atoms with Gasteiger partial charge < -0.3 is 0 Å². The molecule has 3 heteroatoms. The molecular formula is C13H18O2S. The second-order valence-corrected chi connectivity index (χ2v) is 7.57. The Hall–Kier alpha value is -0.830. The van der Waals surface area contributed by atoms with Crippen LogP contribution in [0.15, 0.2) is 23.1 Å². The van der Waals surface area contributed by atoms with Crippen LogP contribution in [-0.2, 0) is 21.7 Å². The van der Waals surface area contributed by atoms with Gasteiger partial charge in [-0.2, -0.15) is 0 Å². The fraction of sp³-hybridized carbons (Fsp3) is 0.538. The molecule has 1 aliphatic heterocycles. The minimum atomic E-state index is -3.02. The topological polar surface area (TPSA) is 34.1 Å². The van der Waals surface area contributed by atoms with Crippen molar-refractivity contribution in [2.75, 3.05) is 5.75 Å². The fourth-order valence-electron chi connectivity index (χ4n) is 2.08. The summed E-state index contributed by atoms with van der Waals surface area (Å²) >= 11 is 0. The van der Waals surface area contributed by atoms with Crippen molar-refractivity contribution in [1.82, 2.24) is 0 Å². The molecular weight excluding hydrogens is 220 g/mol. The molecule has 2 rings (SSSR count). The van der Waals surface area contributed by atoms with Gasteiger partial charge in [0.15, 0.2) is 9.84 Å². The average molecular weight is 238 g/mol. The summed E-state index contributed by atoms with van der Waals surface area (Å²) in [5.41, 5.74) is 2.08. The van der Waals surface area contributed by atoms with Crippen molar-refractivity contribution in [3.63, 3.8) is 0 Å². The number of fused-ring (bicyclic) bond motifs is 1. The summed E-state index contributed by atoms with van der Waals surface area (Å²) in [4.78, 5) is 0.561. The molecule has 0 aromatic heterocycles. The SMILES string of the molecule is CC(C)(C)c1ccc2c(c1)S(=O)(=O)CCC2. The zero-order valence-corrected chi connectivity index (χ0v) is 10.9. The Morgan fingerprint density at radius 2 is 1.88 bits per heavy atom. The quantitative estimate of drug-likeness (QED) is 0.696. The number of benzene rings is 1. The molecule has 0 saturated heterocycles. The molecule has 16 heavy (non-hydrogen) atoms. The van der Waals surface area contributed by atoms with Gasteiger partial charge in [-0.05, 0) is 35.4 Å². The first-order chi connectivity index (χ1) is 7.31. The van der Waals surface area contributed by atoms with Crippen LogP contribution in [0.2, 0.25) is 0 Å². The number of rotatable bonds is 0. The Labute approximate surface area is 97.6 Å². The highest BCUT2D eigenvalue weighted by Gasteiger charge is 2.25. The lowest BCUT2D eigenvalue weighted by Gasteiger charge is -2.23. The Morgan fingerprint density at radius 1 is 1.19 bits per heavy atom. The Balaban J connectivity index is 2.61. The van der Waals surface area contributed by atoms with Gasteiger partial charge in [-0.25, -0.2) is 8.42 Å². The molecule has 0 radical (unpaired) electrons. The number of sulfone groups is 1. The minimum absolute atomic E-state index is 0.00198. The third-order valence-electron chi connectivity index (χ3n) is 3.13. The van der Waals surface area contributed by atoms with Crippen molar-refractivity contribution in [1.29, 1.82) is 0 Å². The molecule has 0 unspecified atom stereocenters. The summed E-state index contributed by atoms with van der Waals surface area (Å²) < 4.78 is 23.9. The predicted molar refractivity (Wildman–Crippen MR) is 65.5 cm³/mol. The van der Waals surface area contributed by atoms with E-state index in [4.69, 9.17) is 0 Å². The van der Waals surface area contributed by atoms with Gasteiger partial charge in [-0.3, -0.25) is 0 Å². The fourth-order valence-corrected chi connectivity index (χ4v) is 3.70. The number of hydrogen-bond acceptors (Lipinski definition) is 2. The molecule has 0 bridgehead atoms. The molecule has 0 N–H and O–H groups in total. The zero-order chi connectivity index (χ0) is 12.0. The van der Waals surface area contributed by atoms with E-state index in [1.165, 1.54) is 0 Å². The van der Waals surface area contributed by atoms with Crippen LogP contribution in [0.3, 0.4) is 0 Å². The molecule has 2 nitrogen and oxygen atoms in total. The van der Waals surface area contributed by atoms with Gasteiger partial charge in [0.2, 0.25) is 0 Å². The van der Waals surface area contributed by atoms with Crippen LogP contribution in [0.4, 0.5) is 0 Å². The molecule has 0 saturated carbocycles. The van der Waals surface area contributed by atoms with Crippen molar-refractivity contribution >= 4 is 9.84 Å². The molecule has 1 aromatic carbocycles. The summed E-state index contributed by atoms with van der Waals surface area (Å²) in [6.07, 6.45) is 1.64. The summed E-state index contributed by atoms with van der Waals surface area (Å²) in [7, 11) is -3.02. The standard InChI is InChI=1S/C13H18O2S/c1-13(2,3)11-7-6-10-5-4-8-16(14,15)12(10)9-11/h6-7,9H,4-5,8H2,1-3H3. The predicted octanol–water partition coefficient (Wildman–Crippen LogP) is 2.70. The van der Waals surface area contributed by atoms with Gasteiger partial charge in [0.05, 0.1) is 10.6 Å². The first-order valence-corrected chi connectivity index (χ1v) is 7.32. The third-order valence-corrected chi connectivity index (χ3v) is 5.00. The van der Waals surface area contributed by atoms with Crippen LogP contribution in [0, 0.1) is 0 Å². The van der Waals surface area contributed by atoms with Gasteiger partial charge in [-0.1, -0.05) is 32.9 Å². The third kappa shape index (κ3) is 2.01. The van der Waals surface area contributed by atoms with E-state index in [0.717, 1.165) is 24.0 Å². The number of aryl methyl sites for hydroxylation is 1. The van der Waals surface area contributed by atoms with E-state index in [1.54, 1.807) is 0 Å². The Morgan fingerprint density at radius 3 is 2.50 bits per heavy atom. The minimum Gasteiger partial charge on any atom is -0.224 e. The molecule has 1 heterocycles. The molecule has 0 spiro atoms.